The summed E-state index contributed by atoms with van der Waals surface area (Å²) in [4.78, 5) is 28.4. The second-order valence-electron chi connectivity index (χ2n) is 9.31. The number of hydrogen-bond acceptors (Lipinski definition) is 3. The van der Waals surface area contributed by atoms with Crippen LogP contribution in [0.4, 0.5) is 5.69 Å². The maximum atomic E-state index is 13.8. The number of halogens is 2. The molecule has 1 fully saturated rings. The Labute approximate surface area is 259 Å². The molecule has 0 radical (unpaired) electrons. The molecule has 0 bridgehead atoms. The highest BCUT2D eigenvalue weighted by molar-refractivity contribution is 9.10. The highest BCUT2D eigenvalue weighted by Crippen LogP contribution is 2.38. The third-order valence-corrected chi connectivity index (χ3v) is 8.06. The van der Waals surface area contributed by atoms with Crippen molar-refractivity contribution in [3.63, 3.8) is 0 Å². The highest BCUT2D eigenvalue weighted by atomic mass is 79.9. The van der Waals surface area contributed by atoms with E-state index < -0.39 is 11.8 Å². The van der Waals surface area contributed by atoms with Gasteiger partial charge in [-0.2, -0.15) is 0 Å². The molecule has 200 valence electrons. The van der Waals surface area contributed by atoms with E-state index in [9.17, 15) is 9.59 Å². The molecule has 0 spiro atoms. The van der Waals surface area contributed by atoms with E-state index in [1.165, 1.54) is 4.90 Å². The summed E-state index contributed by atoms with van der Waals surface area (Å²) in [5.74, 6) is -1.03. The van der Waals surface area contributed by atoms with Gasteiger partial charge in [0.25, 0.3) is 11.8 Å². The molecule has 2 heterocycles. The van der Waals surface area contributed by atoms with E-state index in [0.717, 1.165) is 42.7 Å². The first kappa shape index (κ1) is 27.1. The average Bonchev–Trinajstić information content (AvgIpc) is 3.36. The molecule has 5 aromatic rings. The van der Waals surface area contributed by atoms with Gasteiger partial charge in [0.1, 0.15) is 5.57 Å². The summed E-state index contributed by atoms with van der Waals surface area (Å²) in [7, 11) is 0. The molecule has 6 rings (SSSR count). The minimum Gasteiger partial charge on any atom is -0.309 e. The molecular weight excluding hydrogens is 662 g/mol. The number of amides is 2. The fourth-order valence-electron chi connectivity index (χ4n) is 4.85. The van der Waals surface area contributed by atoms with Crippen LogP contribution in [0.1, 0.15) is 5.56 Å². The lowest BCUT2D eigenvalue weighted by Crippen LogP contribution is -2.54. The lowest BCUT2D eigenvalue weighted by Gasteiger charge is -2.29. The zero-order chi connectivity index (χ0) is 28.5. The van der Waals surface area contributed by atoms with Gasteiger partial charge in [-0.05, 0) is 84.0 Å². The first-order valence-corrected chi connectivity index (χ1v) is 14.7. The van der Waals surface area contributed by atoms with Gasteiger partial charge in [-0.25, -0.2) is 0 Å². The number of nitrogens with one attached hydrogen (secondary N) is 1. The molecule has 1 saturated heterocycles. The molecule has 41 heavy (non-hydrogen) atoms. The fourth-order valence-corrected chi connectivity index (χ4v) is 5.66. The van der Waals surface area contributed by atoms with Crippen LogP contribution < -0.4 is 10.2 Å². The van der Waals surface area contributed by atoms with Crippen molar-refractivity contribution in [1.82, 2.24) is 9.88 Å². The molecular formula is C33H21Br2N3O2S. The summed E-state index contributed by atoms with van der Waals surface area (Å²) in [5, 5.41) is 2.74. The predicted molar refractivity (Wildman–Crippen MR) is 175 cm³/mol. The molecule has 8 heteroatoms. The number of nitrogens with zero attached hydrogens (tertiary/aromatic N) is 2. The number of rotatable bonds is 5. The second kappa shape index (κ2) is 11.4. The number of benzene rings is 4. The zero-order valence-electron chi connectivity index (χ0n) is 21.4. The Morgan fingerprint density at radius 3 is 1.80 bits per heavy atom. The van der Waals surface area contributed by atoms with Gasteiger partial charge in [0, 0.05) is 20.2 Å². The minimum absolute atomic E-state index is 0.00809. The van der Waals surface area contributed by atoms with Crippen LogP contribution >= 0.6 is 44.1 Å². The maximum absolute atomic E-state index is 13.8. The van der Waals surface area contributed by atoms with Crippen molar-refractivity contribution < 1.29 is 9.59 Å². The van der Waals surface area contributed by atoms with Crippen molar-refractivity contribution in [2.75, 3.05) is 4.90 Å². The van der Waals surface area contributed by atoms with Crippen LogP contribution in [0.3, 0.4) is 0 Å². The predicted octanol–water partition coefficient (Wildman–Crippen LogP) is 8.17. The molecule has 0 atom stereocenters. The molecule has 1 N–H and O–H groups in total. The van der Waals surface area contributed by atoms with Gasteiger partial charge in [-0.15, -0.1) is 0 Å². The SMILES string of the molecule is O=C1NC(=S)N(c2ccc(Br)cc2)C(=O)/C1=C\c1cc(-c2ccccc2)n(-c2ccc(Br)cc2)c1-c1ccccc1. The van der Waals surface area contributed by atoms with E-state index in [0.29, 0.717) is 5.69 Å². The number of carbonyl (C=O) groups excluding carboxylic acids is 2. The minimum atomic E-state index is -0.537. The lowest BCUT2D eigenvalue weighted by molar-refractivity contribution is -0.122. The summed E-state index contributed by atoms with van der Waals surface area (Å²) in [6.07, 6.45) is 1.66. The van der Waals surface area contributed by atoms with E-state index in [1.54, 1.807) is 18.2 Å². The van der Waals surface area contributed by atoms with E-state index in [-0.39, 0.29) is 10.7 Å². The van der Waals surface area contributed by atoms with Crippen molar-refractivity contribution in [1.29, 1.82) is 0 Å². The Morgan fingerprint density at radius 1 is 0.683 bits per heavy atom. The number of hydrogen-bond donors (Lipinski definition) is 1. The van der Waals surface area contributed by atoms with Crippen molar-refractivity contribution >= 4 is 72.8 Å². The summed E-state index contributed by atoms with van der Waals surface area (Å²) < 4.78 is 3.99. The molecule has 2 amide bonds. The van der Waals surface area contributed by atoms with Gasteiger partial charge in [-0.3, -0.25) is 19.8 Å². The van der Waals surface area contributed by atoms with Crippen LogP contribution in [0.5, 0.6) is 0 Å². The summed E-state index contributed by atoms with van der Waals surface area (Å²) in [5.41, 5.74) is 5.92. The van der Waals surface area contributed by atoms with Crippen LogP contribution in [-0.4, -0.2) is 21.5 Å². The molecule has 0 aliphatic carbocycles. The fraction of sp³-hybridized carbons (Fsp3) is 0. The molecule has 4 aromatic carbocycles. The monoisotopic (exact) mass is 681 g/mol. The molecule has 0 unspecified atom stereocenters. The summed E-state index contributed by atoms with van der Waals surface area (Å²) >= 11 is 12.4. The maximum Gasteiger partial charge on any atom is 0.270 e. The van der Waals surface area contributed by atoms with Crippen molar-refractivity contribution in [3.8, 4) is 28.2 Å². The number of thiocarbonyl (C=S) groups is 1. The standard InChI is InChI=1S/C33H21Br2N3O2S/c34-24-11-15-26(16-12-24)37-29(21-7-3-1-4-8-21)20-23(30(37)22-9-5-2-6-10-22)19-28-31(39)36-33(41)38(32(28)40)27-17-13-25(35)14-18-27/h1-20H,(H,36,39,41)/b28-19-. The quantitative estimate of drug-likeness (QED) is 0.116. The van der Waals surface area contributed by atoms with Gasteiger partial charge in [0.2, 0.25) is 0 Å². The molecule has 5 nitrogen and oxygen atoms in total. The van der Waals surface area contributed by atoms with Crippen molar-refractivity contribution in [2.45, 2.75) is 0 Å². The van der Waals surface area contributed by atoms with E-state index in [1.807, 2.05) is 103 Å². The Hall–Kier alpha value is -4.11. The molecule has 1 aliphatic heterocycles. The Kier molecular flexibility index (Phi) is 7.53. The summed E-state index contributed by atoms with van der Waals surface area (Å²) in [6, 6.07) is 37.3. The second-order valence-corrected chi connectivity index (χ2v) is 11.5. The molecule has 1 aliphatic rings. The van der Waals surface area contributed by atoms with Crippen molar-refractivity contribution in [3.05, 3.63) is 135 Å². The normalized spacial score (nSPS) is 14.4. The molecule has 0 saturated carbocycles. The number of aromatic nitrogens is 1. The largest absolute Gasteiger partial charge is 0.309 e. The highest BCUT2D eigenvalue weighted by Gasteiger charge is 2.35. The smallest absolute Gasteiger partial charge is 0.270 e. The van der Waals surface area contributed by atoms with E-state index >= 15 is 0 Å². The van der Waals surface area contributed by atoms with E-state index in [2.05, 4.69) is 41.7 Å². The first-order valence-electron chi connectivity index (χ1n) is 12.7. The van der Waals surface area contributed by atoms with Crippen molar-refractivity contribution in [2.24, 2.45) is 0 Å². The lowest BCUT2D eigenvalue weighted by atomic mass is 10.0. The number of anilines is 1. The zero-order valence-corrected chi connectivity index (χ0v) is 25.4. The van der Waals surface area contributed by atoms with E-state index in [4.69, 9.17) is 12.2 Å². The van der Waals surface area contributed by atoms with Gasteiger partial charge in [-0.1, -0.05) is 92.5 Å². The first-order chi connectivity index (χ1) is 19.9. The average molecular weight is 683 g/mol. The van der Waals surface area contributed by atoms with Gasteiger partial charge in [0.15, 0.2) is 5.11 Å². The van der Waals surface area contributed by atoms with Crippen LogP contribution in [0.2, 0.25) is 0 Å². The van der Waals surface area contributed by atoms with Crippen LogP contribution in [0, 0.1) is 0 Å². The van der Waals surface area contributed by atoms with Crippen LogP contribution in [0.25, 0.3) is 34.3 Å². The third kappa shape index (κ3) is 5.34. The van der Waals surface area contributed by atoms with Crippen LogP contribution in [-0.2, 0) is 9.59 Å². The Morgan fingerprint density at radius 2 is 1.22 bits per heavy atom. The Balaban J connectivity index is 1.59. The van der Waals surface area contributed by atoms with Gasteiger partial charge < -0.3 is 4.57 Å². The molecule has 1 aromatic heterocycles. The van der Waals surface area contributed by atoms with Crippen LogP contribution in [0.15, 0.2) is 130 Å². The topological polar surface area (TPSA) is 54.3 Å². The number of carbonyl (C=O) groups is 2. The third-order valence-electron chi connectivity index (χ3n) is 6.72. The Bertz CT molecular complexity index is 1810. The van der Waals surface area contributed by atoms with Gasteiger partial charge in [0.05, 0.1) is 17.1 Å². The summed E-state index contributed by atoms with van der Waals surface area (Å²) in [6.45, 7) is 0. The van der Waals surface area contributed by atoms with Gasteiger partial charge >= 0.3 is 0 Å².